The summed E-state index contributed by atoms with van der Waals surface area (Å²) < 4.78 is 16.2. The first-order valence-electron chi connectivity index (χ1n) is 9.03. The molecule has 0 aromatic heterocycles. The third-order valence-corrected chi connectivity index (χ3v) is 4.83. The Kier molecular flexibility index (Phi) is 9.21. The first-order chi connectivity index (χ1) is 11.8. The van der Waals surface area contributed by atoms with Crippen molar-refractivity contribution >= 4 is 12.1 Å². The van der Waals surface area contributed by atoms with Gasteiger partial charge in [0, 0.05) is 14.2 Å². The Labute approximate surface area is 150 Å². The molecule has 1 heterocycles. The van der Waals surface area contributed by atoms with Crippen molar-refractivity contribution in [2.24, 2.45) is 11.8 Å². The number of amides is 1. The fraction of sp³-hybridized carbons (Fsp3) is 0.889. The first-order valence-corrected chi connectivity index (χ1v) is 9.03. The summed E-state index contributed by atoms with van der Waals surface area (Å²) in [6, 6.07) is -0.846. The van der Waals surface area contributed by atoms with Gasteiger partial charge in [-0.1, -0.05) is 26.7 Å². The number of esters is 1. The molecule has 0 radical (unpaired) electrons. The molecule has 0 unspecified atom stereocenters. The quantitative estimate of drug-likeness (QED) is 0.555. The van der Waals surface area contributed by atoms with Crippen LogP contribution in [0.25, 0.3) is 0 Å². The number of cyclic esters (lactones) is 1. The molecule has 146 valence electrons. The highest BCUT2D eigenvalue weighted by Gasteiger charge is 2.37. The molecule has 0 aliphatic carbocycles. The largest absolute Gasteiger partial charge is 0.465 e. The minimum atomic E-state index is -1.18. The van der Waals surface area contributed by atoms with Crippen LogP contribution in [0.3, 0.4) is 0 Å². The molecule has 1 N–H and O–H groups in total. The van der Waals surface area contributed by atoms with Crippen molar-refractivity contribution in [3.63, 3.8) is 0 Å². The Morgan fingerprint density at radius 2 is 2.04 bits per heavy atom. The number of methoxy groups -OCH3 is 2. The van der Waals surface area contributed by atoms with E-state index in [0.29, 0.717) is 12.3 Å². The molecule has 7 heteroatoms. The lowest BCUT2D eigenvalue weighted by atomic mass is 9.86. The summed E-state index contributed by atoms with van der Waals surface area (Å²) in [5, 5.41) is 9.38. The average molecular weight is 359 g/mol. The maximum atomic E-state index is 12.5. The van der Waals surface area contributed by atoms with Crippen molar-refractivity contribution in [1.29, 1.82) is 0 Å². The second kappa shape index (κ2) is 10.6. The average Bonchev–Trinajstić information content (AvgIpc) is 2.58. The molecule has 25 heavy (non-hydrogen) atoms. The fourth-order valence-corrected chi connectivity index (χ4v) is 3.51. The summed E-state index contributed by atoms with van der Waals surface area (Å²) in [5.74, 6) is 0.355. The number of nitrogens with zero attached hydrogens (tertiary/aromatic N) is 1. The minimum absolute atomic E-state index is 0.159. The molecular weight excluding hydrogens is 326 g/mol. The lowest BCUT2D eigenvalue weighted by Gasteiger charge is -2.31. The van der Waals surface area contributed by atoms with Gasteiger partial charge in [-0.15, -0.1) is 0 Å². The molecule has 1 aliphatic heterocycles. The van der Waals surface area contributed by atoms with E-state index in [2.05, 4.69) is 13.8 Å². The maximum Gasteiger partial charge on any atom is 0.409 e. The lowest BCUT2D eigenvalue weighted by Crippen LogP contribution is -2.47. The van der Waals surface area contributed by atoms with E-state index in [1.54, 1.807) is 7.11 Å². The highest BCUT2D eigenvalue weighted by Crippen LogP contribution is 2.29. The molecule has 0 aromatic carbocycles. The fourth-order valence-electron chi connectivity index (χ4n) is 3.51. The van der Waals surface area contributed by atoms with Crippen molar-refractivity contribution in [2.45, 2.75) is 71.1 Å². The van der Waals surface area contributed by atoms with Gasteiger partial charge < -0.3 is 19.3 Å². The van der Waals surface area contributed by atoms with E-state index in [9.17, 15) is 14.7 Å². The van der Waals surface area contributed by atoms with Gasteiger partial charge in [-0.3, -0.25) is 4.90 Å². The lowest BCUT2D eigenvalue weighted by molar-refractivity contribution is -0.163. The van der Waals surface area contributed by atoms with Crippen LogP contribution in [0.4, 0.5) is 4.79 Å². The van der Waals surface area contributed by atoms with Gasteiger partial charge in [0.25, 0.3) is 0 Å². The molecule has 1 amide bonds. The SMILES string of the molecule is COCN(C(=O)O)[C@H]1CCC[C@H](CCC(C)C)[C@@H](OC)[C@H](C)OC1=O. The number of carbonyl (C=O) groups excluding carboxylic acids is 1. The van der Waals surface area contributed by atoms with Crippen LogP contribution in [-0.4, -0.2) is 61.3 Å². The van der Waals surface area contributed by atoms with E-state index in [-0.39, 0.29) is 18.8 Å². The zero-order valence-electron chi connectivity index (χ0n) is 16.1. The van der Waals surface area contributed by atoms with Gasteiger partial charge in [0.05, 0.1) is 6.10 Å². The molecule has 1 aliphatic rings. The van der Waals surface area contributed by atoms with E-state index in [1.165, 1.54) is 7.11 Å². The van der Waals surface area contributed by atoms with Gasteiger partial charge in [-0.05, 0) is 38.0 Å². The summed E-state index contributed by atoms with van der Waals surface area (Å²) in [4.78, 5) is 25.0. The Bertz CT molecular complexity index is 428. The van der Waals surface area contributed by atoms with Crippen molar-refractivity contribution in [3.05, 3.63) is 0 Å². The monoisotopic (exact) mass is 359 g/mol. The van der Waals surface area contributed by atoms with Crippen molar-refractivity contribution < 1.29 is 28.9 Å². The topological polar surface area (TPSA) is 85.3 Å². The molecule has 0 spiro atoms. The number of carboxylic acid groups (broad SMARTS) is 1. The molecule has 7 nitrogen and oxygen atoms in total. The summed E-state index contributed by atoms with van der Waals surface area (Å²) in [6.07, 6.45) is 2.34. The molecule has 0 aromatic rings. The van der Waals surface area contributed by atoms with Gasteiger partial charge in [-0.25, -0.2) is 9.59 Å². The predicted molar refractivity (Wildman–Crippen MR) is 93.3 cm³/mol. The molecule has 4 atom stereocenters. The smallest absolute Gasteiger partial charge is 0.409 e. The molecule has 1 fully saturated rings. The zero-order valence-corrected chi connectivity index (χ0v) is 16.1. The normalized spacial score (nSPS) is 28.0. The van der Waals surface area contributed by atoms with E-state index in [4.69, 9.17) is 14.2 Å². The third kappa shape index (κ3) is 6.47. The molecule has 0 bridgehead atoms. The van der Waals surface area contributed by atoms with Gasteiger partial charge in [0.2, 0.25) is 0 Å². The van der Waals surface area contributed by atoms with Gasteiger partial charge in [0.15, 0.2) is 0 Å². The van der Waals surface area contributed by atoms with Crippen LogP contribution in [0.1, 0.15) is 52.9 Å². The molecule has 0 saturated carbocycles. The summed E-state index contributed by atoms with van der Waals surface area (Å²) in [7, 11) is 3.04. The van der Waals surface area contributed by atoms with Crippen molar-refractivity contribution in [2.75, 3.05) is 21.0 Å². The zero-order chi connectivity index (χ0) is 19.0. The number of hydrogen-bond donors (Lipinski definition) is 1. The number of rotatable bonds is 7. The maximum absolute atomic E-state index is 12.5. The van der Waals surface area contributed by atoms with Gasteiger partial charge >= 0.3 is 12.1 Å². The van der Waals surface area contributed by atoms with Crippen LogP contribution >= 0.6 is 0 Å². The highest BCUT2D eigenvalue weighted by atomic mass is 16.6. The van der Waals surface area contributed by atoms with Crippen molar-refractivity contribution in [3.8, 4) is 0 Å². The Balaban J connectivity index is 2.94. The van der Waals surface area contributed by atoms with E-state index in [0.717, 1.165) is 30.6 Å². The first kappa shape index (κ1) is 21.7. The Morgan fingerprint density at radius 3 is 2.56 bits per heavy atom. The molecular formula is C18H33NO6. The molecule has 1 rings (SSSR count). The number of ether oxygens (including phenoxy) is 3. The standard InChI is InChI=1S/C18H33NO6/c1-12(2)9-10-14-7-6-8-15(19(11-23-4)18(21)22)17(20)25-13(3)16(14)24-5/h12-16H,6-11H2,1-5H3,(H,21,22)/t13-,14+,15-,16-/m0/s1. The second-order valence-electron chi connectivity index (χ2n) is 7.19. The Morgan fingerprint density at radius 1 is 1.36 bits per heavy atom. The number of carbonyl (C=O) groups is 2. The van der Waals surface area contributed by atoms with Crippen LogP contribution in [0, 0.1) is 11.8 Å². The highest BCUT2D eigenvalue weighted by molar-refractivity contribution is 5.80. The summed E-state index contributed by atoms with van der Waals surface area (Å²) in [5.41, 5.74) is 0. The van der Waals surface area contributed by atoms with E-state index >= 15 is 0 Å². The molecule has 1 saturated heterocycles. The van der Waals surface area contributed by atoms with Crippen molar-refractivity contribution in [1.82, 2.24) is 4.90 Å². The van der Waals surface area contributed by atoms with Crippen LogP contribution in [-0.2, 0) is 19.0 Å². The van der Waals surface area contributed by atoms with Gasteiger partial charge in [0.1, 0.15) is 18.9 Å². The minimum Gasteiger partial charge on any atom is -0.465 e. The Hall–Kier alpha value is -1.34. The van der Waals surface area contributed by atoms with E-state index in [1.807, 2.05) is 6.92 Å². The van der Waals surface area contributed by atoms with Crippen LogP contribution in [0.15, 0.2) is 0 Å². The van der Waals surface area contributed by atoms with Crippen LogP contribution < -0.4 is 0 Å². The number of hydrogen-bond acceptors (Lipinski definition) is 5. The van der Waals surface area contributed by atoms with E-state index < -0.39 is 24.2 Å². The summed E-state index contributed by atoms with van der Waals surface area (Å²) >= 11 is 0. The summed E-state index contributed by atoms with van der Waals surface area (Å²) in [6.45, 7) is 6.03. The predicted octanol–water partition coefficient (Wildman–Crippen LogP) is 3.12. The van der Waals surface area contributed by atoms with Crippen LogP contribution in [0.5, 0.6) is 0 Å². The second-order valence-corrected chi connectivity index (χ2v) is 7.19. The van der Waals surface area contributed by atoms with Crippen LogP contribution in [0.2, 0.25) is 0 Å². The van der Waals surface area contributed by atoms with Gasteiger partial charge in [-0.2, -0.15) is 0 Å². The third-order valence-electron chi connectivity index (χ3n) is 4.83.